The zero-order chi connectivity index (χ0) is 23.2. The van der Waals surface area contributed by atoms with E-state index in [9.17, 15) is 13.2 Å². The molecule has 0 aliphatic carbocycles. The van der Waals surface area contributed by atoms with E-state index in [0.717, 1.165) is 16.7 Å². The highest BCUT2D eigenvalue weighted by Crippen LogP contribution is 2.46. The first-order valence-electron chi connectivity index (χ1n) is 11.1. The number of amides is 1. The normalized spacial score (nSPS) is 22.4. The molecule has 33 heavy (non-hydrogen) atoms. The topological polar surface area (TPSA) is 69.7 Å². The highest BCUT2D eigenvalue weighted by Gasteiger charge is 2.56. The van der Waals surface area contributed by atoms with Crippen LogP contribution in [0.15, 0.2) is 83.8 Å². The summed E-state index contributed by atoms with van der Waals surface area (Å²) in [5.41, 5.74) is 3.93. The Morgan fingerprint density at radius 2 is 1.39 bits per heavy atom. The SMILES string of the molecule is CN(C)C(=O)c1ccc(-c2ccc(C3[C@H]4CNC[C@@H]3N4S(=O)(=O)c3ccccc3)cc2)cc1. The number of piperazine rings is 1. The molecule has 5 rings (SSSR count). The van der Waals surface area contributed by atoms with Gasteiger partial charge in [-0.05, 0) is 41.0 Å². The fourth-order valence-corrected chi connectivity index (χ4v) is 6.88. The number of rotatable bonds is 5. The van der Waals surface area contributed by atoms with E-state index in [1.165, 1.54) is 0 Å². The molecule has 170 valence electrons. The third-order valence-electron chi connectivity index (χ3n) is 6.68. The van der Waals surface area contributed by atoms with Crippen molar-refractivity contribution in [2.45, 2.75) is 22.9 Å². The second-order valence-corrected chi connectivity index (χ2v) is 10.7. The van der Waals surface area contributed by atoms with E-state index in [0.29, 0.717) is 23.5 Å². The number of hydrogen-bond acceptors (Lipinski definition) is 4. The minimum Gasteiger partial charge on any atom is -0.345 e. The molecule has 6 nitrogen and oxygen atoms in total. The second-order valence-electron chi connectivity index (χ2n) is 8.87. The third kappa shape index (κ3) is 3.76. The molecule has 1 N–H and O–H groups in total. The maximum atomic E-state index is 13.2. The summed E-state index contributed by atoms with van der Waals surface area (Å²) in [7, 11) is -0.0233. The van der Waals surface area contributed by atoms with Crippen LogP contribution in [-0.2, 0) is 10.0 Å². The summed E-state index contributed by atoms with van der Waals surface area (Å²) in [4.78, 5) is 14.0. The van der Waals surface area contributed by atoms with E-state index in [1.807, 2.05) is 30.3 Å². The minimum absolute atomic E-state index is 0.0166. The van der Waals surface area contributed by atoms with Gasteiger partial charge in [0.2, 0.25) is 10.0 Å². The molecule has 7 heteroatoms. The van der Waals surface area contributed by atoms with Crippen molar-refractivity contribution < 1.29 is 13.2 Å². The highest BCUT2D eigenvalue weighted by molar-refractivity contribution is 7.89. The van der Waals surface area contributed by atoms with Crippen molar-refractivity contribution in [1.29, 1.82) is 0 Å². The Morgan fingerprint density at radius 1 is 0.848 bits per heavy atom. The van der Waals surface area contributed by atoms with Crippen molar-refractivity contribution in [2.24, 2.45) is 0 Å². The van der Waals surface area contributed by atoms with Gasteiger partial charge in [-0.2, -0.15) is 4.31 Å². The van der Waals surface area contributed by atoms with Gasteiger partial charge < -0.3 is 10.2 Å². The number of hydrogen-bond donors (Lipinski definition) is 1. The molecular weight excluding hydrogens is 434 g/mol. The Morgan fingerprint density at radius 3 is 1.94 bits per heavy atom. The van der Waals surface area contributed by atoms with Gasteiger partial charge in [0.05, 0.1) is 4.90 Å². The van der Waals surface area contributed by atoms with Crippen molar-refractivity contribution in [3.05, 3.63) is 90.0 Å². The van der Waals surface area contributed by atoms with E-state index in [4.69, 9.17) is 0 Å². The van der Waals surface area contributed by atoms with Crippen LogP contribution in [0.2, 0.25) is 0 Å². The van der Waals surface area contributed by atoms with Gasteiger partial charge in [-0.3, -0.25) is 4.79 Å². The summed E-state index contributed by atoms with van der Waals surface area (Å²) in [6, 6.07) is 24.5. The van der Waals surface area contributed by atoms with Gasteiger partial charge in [0.15, 0.2) is 0 Å². The maximum Gasteiger partial charge on any atom is 0.253 e. The lowest BCUT2D eigenvalue weighted by Crippen LogP contribution is -2.73. The number of sulfonamides is 1. The van der Waals surface area contributed by atoms with E-state index < -0.39 is 10.0 Å². The zero-order valence-electron chi connectivity index (χ0n) is 18.7. The highest BCUT2D eigenvalue weighted by atomic mass is 32.2. The Labute approximate surface area is 194 Å². The molecule has 1 unspecified atom stereocenters. The van der Waals surface area contributed by atoms with Crippen LogP contribution < -0.4 is 5.32 Å². The monoisotopic (exact) mass is 461 g/mol. The van der Waals surface area contributed by atoms with Crippen molar-refractivity contribution >= 4 is 15.9 Å². The number of carbonyl (C=O) groups is 1. The predicted molar refractivity (Wildman–Crippen MR) is 129 cm³/mol. The molecule has 0 radical (unpaired) electrons. The summed E-state index contributed by atoms with van der Waals surface area (Å²) in [5, 5.41) is 3.36. The third-order valence-corrected chi connectivity index (χ3v) is 8.64. The molecule has 2 saturated heterocycles. The van der Waals surface area contributed by atoms with Crippen LogP contribution >= 0.6 is 0 Å². The summed E-state index contributed by atoms with van der Waals surface area (Å²) in [6.45, 7) is 1.30. The lowest BCUT2D eigenvalue weighted by atomic mass is 9.74. The molecule has 2 aliphatic rings. The van der Waals surface area contributed by atoms with Crippen LogP contribution in [0.5, 0.6) is 0 Å². The first-order chi connectivity index (χ1) is 15.9. The van der Waals surface area contributed by atoms with Crippen molar-refractivity contribution in [3.8, 4) is 11.1 Å². The number of nitrogens with zero attached hydrogens (tertiary/aromatic N) is 2. The molecule has 1 amide bonds. The van der Waals surface area contributed by atoms with Gasteiger partial charge in [-0.15, -0.1) is 0 Å². The molecule has 0 spiro atoms. The van der Waals surface area contributed by atoms with Gasteiger partial charge in [0.25, 0.3) is 5.91 Å². The fraction of sp³-hybridized carbons (Fsp3) is 0.269. The molecule has 2 bridgehead atoms. The van der Waals surface area contributed by atoms with Crippen LogP contribution in [0, 0.1) is 0 Å². The lowest BCUT2D eigenvalue weighted by molar-refractivity contribution is 0.0370. The standard InChI is InChI=1S/C26H27N3O3S/c1-28(2)26(30)21-14-10-19(11-15-21)18-8-12-20(13-9-18)25-23-16-27-17-24(25)29(23)33(31,32)22-6-4-3-5-7-22/h3-15,23-25,27H,16-17H2,1-2H3/t23-,24+,25?. The summed E-state index contributed by atoms with van der Waals surface area (Å²) in [5.74, 6) is 0.163. The first-order valence-corrected chi connectivity index (χ1v) is 12.5. The van der Waals surface area contributed by atoms with Crippen LogP contribution in [0.3, 0.4) is 0 Å². The number of carbonyl (C=O) groups excluding carboxylic acids is 1. The van der Waals surface area contributed by atoms with Gasteiger partial charge in [0.1, 0.15) is 0 Å². The average Bonchev–Trinajstić information content (AvgIpc) is 2.85. The van der Waals surface area contributed by atoms with Crippen molar-refractivity contribution in [2.75, 3.05) is 27.2 Å². The number of nitrogens with one attached hydrogen (secondary N) is 1. The summed E-state index contributed by atoms with van der Waals surface area (Å²) in [6.07, 6.45) is 0. The molecule has 3 aromatic rings. The van der Waals surface area contributed by atoms with Gasteiger partial charge in [-0.25, -0.2) is 8.42 Å². The quantitative estimate of drug-likeness (QED) is 0.634. The molecule has 3 aromatic carbocycles. The molecule has 0 aromatic heterocycles. The fourth-order valence-electron chi connectivity index (χ4n) is 5.01. The smallest absolute Gasteiger partial charge is 0.253 e. The van der Waals surface area contributed by atoms with Gasteiger partial charge >= 0.3 is 0 Å². The number of benzene rings is 3. The van der Waals surface area contributed by atoms with E-state index in [1.54, 1.807) is 47.6 Å². The molecule has 0 saturated carbocycles. The summed E-state index contributed by atoms with van der Waals surface area (Å²) < 4.78 is 28.2. The Bertz CT molecular complexity index is 1240. The minimum atomic E-state index is -3.51. The number of fused-ring (bicyclic) bond motifs is 2. The largest absolute Gasteiger partial charge is 0.345 e. The maximum absolute atomic E-state index is 13.2. The molecule has 2 aliphatic heterocycles. The lowest BCUT2D eigenvalue weighted by Gasteiger charge is -2.57. The average molecular weight is 462 g/mol. The molecule has 3 atom stereocenters. The van der Waals surface area contributed by atoms with Crippen LogP contribution in [0.1, 0.15) is 21.8 Å². The molecule has 2 heterocycles. The van der Waals surface area contributed by atoms with Gasteiger partial charge in [-0.1, -0.05) is 54.6 Å². The van der Waals surface area contributed by atoms with E-state index in [2.05, 4.69) is 29.6 Å². The van der Waals surface area contributed by atoms with Crippen molar-refractivity contribution in [1.82, 2.24) is 14.5 Å². The van der Waals surface area contributed by atoms with E-state index >= 15 is 0 Å². The number of piperidine rings is 1. The Balaban J connectivity index is 1.36. The molecular formula is C26H27N3O3S. The zero-order valence-corrected chi connectivity index (χ0v) is 19.5. The van der Waals surface area contributed by atoms with Crippen LogP contribution in [0.25, 0.3) is 11.1 Å². The van der Waals surface area contributed by atoms with Crippen molar-refractivity contribution in [3.63, 3.8) is 0 Å². The van der Waals surface area contributed by atoms with E-state index in [-0.39, 0.29) is 23.9 Å². The second kappa shape index (κ2) is 8.41. The molecule has 2 fully saturated rings. The summed E-state index contributed by atoms with van der Waals surface area (Å²) >= 11 is 0. The van der Waals surface area contributed by atoms with Gasteiger partial charge in [0, 0.05) is 50.7 Å². The Kier molecular flexibility index (Phi) is 5.56. The predicted octanol–water partition coefficient (Wildman–Crippen LogP) is 3.18. The Hall–Kier alpha value is -3.00. The first kappa shape index (κ1) is 21.8. The van der Waals surface area contributed by atoms with Crippen LogP contribution in [-0.4, -0.2) is 62.8 Å². The van der Waals surface area contributed by atoms with Crippen LogP contribution in [0.4, 0.5) is 0 Å².